The lowest BCUT2D eigenvalue weighted by molar-refractivity contribution is 0.0938. The first kappa shape index (κ1) is 20.9. The Morgan fingerprint density at radius 3 is 2.52 bits per heavy atom. The molecule has 0 unspecified atom stereocenters. The van der Waals surface area contributed by atoms with Gasteiger partial charge in [-0.05, 0) is 44.2 Å². The van der Waals surface area contributed by atoms with Crippen molar-refractivity contribution in [2.75, 3.05) is 25.6 Å². The quantitative estimate of drug-likeness (QED) is 0.618. The number of hydrogen-bond acceptors (Lipinski definition) is 4. The third kappa shape index (κ3) is 6.08. The van der Waals surface area contributed by atoms with Crippen LogP contribution in [0.5, 0.6) is 5.75 Å². The van der Waals surface area contributed by atoms with E-state index in [1.165, 1.54) is 0 Å². The highest BCUT2D eigenvalue weighted by Crippen LogP contribution is 2.26. The first-order valence-corrected chi connectivity index (χ1v) is 9.35. The van der Waals surface area contributed by atoms with E-state index >= 15 is 0 Å². The van der Waals surface area contributed by atoms with Crippen LogP contribution in [0.4, 0.5) is 5.69 Å². The fourth-order valence-electron chi connectivity index (χ4n) is 2.38. The monoisotopic (exact) mass is 434 g/mol. The summed E-state index contributed by atoms with van der Waals surface area (Å²) in [7, 11) is 1.56. The van der Waals surface area contributed by atoms with Crippen molar-refractivity contribution in [3.8, 4) is 5.75 Å². The zero-order valence-corrected chi connectivity index (χ0v) is 17.1. The summed E-state index contributed by atoms with van der Waals surface area (Å²) in [6.07, 6.45) is -0.0726. The average molecular weight is 435 g/mol. The van der Waals surface area contributed by atoms with Crippen LogP contribution in [0.1, 0.15) is 34.6 Å². The number of halogens is 1. The SMILES string of the molecule is COCCNC(=O)c1ccccc1NC(=O)c1cc(Br)ccc1OC(C)C. The second-order valence-corrected chi connectivity index (χ2v) is 6.97. The van der Waals surface area contributed by atoms with Gasteiger partial charge in [0.05, 0.1) is 29.5 Å². The minimum absolute atomic E-state index is 0.0726. The minimum atomic E-state index is -0.357. The van der Waals surface area contributed by atoms with E-state index in [-0.39, 0.29) is 17.9 Å². The average Bonchev–Trinajstić information content (AvgIpc) is 2.63. The lowest BCUT2D eigenvalue weighted by Gasteiger charge is -2.16. The maximum Gasteiger partial charge on any atom is 0.259 e. The van der Waals surface area contributed by atoms with E-state index in [1.807, 2.05) is 19.9 Å². The predicted molar refractivity (Wildman–Crippen MR) is 109 cm³/mol. The second kappa shape index (κ2) is 10.1. The Morgan fingerprint density at radius 1 is 1.07 bits per heavy atom. The number of carbonyl (C=O) groups is 2. The third-order valence-corrected chi connectivity index (χ3v) is 4.05. The molecule has 0 aliphatic rings. The van der Waals surface area contributed by atoms with Crippen LogP contribution >= 0.6 is 15.9 Å². The molecule has 6 nitrogen and oxygen atoms in total. The van der Waals surface area contributed by atoms with Gasteiger partial charge in [0.25, 0.3) is 11.8 Å². The Labute approximate surface area is 167 Å². The van der Waals surface area contributed by atoms with Gasteiger partial charge in [0.15, 0.2) is 0 Å². The molecule has 0 aromatic heterocycles. The Kier molecular flexibility index (Phi) is 7.82. The number of rotatable bonds is 8. The number of ether oxygens (including phenoxy) is 2. The molecule has 2 amide bonds. The lowest BCUT2D eigenvalue weighted by atomic mass is 10.1. The molecule has 7 heteroatoms. The number of para-hydroxylation sites is 1. The van der Waals surface area contributed by atoms with Crippen LogP contribution in [0.3, 0.4) is 0 Å². The number of hydrogen-bond donors (Lipinski definition) is 2. The summed E-state index contributed by atoms with van der Waals surface area (Å²) < 4.78 is 11.4. The Morgan fingerprint density at radius 2 is 1.81 bits per heavy atom. The van der Waals surface area contributed by atoms with Crippen LogP contribution in [0, 0.1) is 0 Å². The summed E-state index contributed by atoms with van der Waals surface area (Å²) in [4.78, 5) is 25.2. The molecule has 2 aromatic rings. The largest absolute Gasteiger partial charge is 0.490 e. The zero-order chi connectivity index (χ0) is 19.8. The second-order valence-electron chi connectivity index (χ2n) is 6.06. The summed E-state index contributed by atoms with van der Waals surface area (Å²) >= 11 is 3.38. The molecule has 144 valence electrons. The molecular formula is C20H23BrN2O4. The van der Waals surface area contributed by atoms with E-state index in [1.54, 1.807) is 43.5 Å². The first-order valence-electron chi connectivity index (χ1n) is 8.56. The number of anilines is 1. The summed E-state index contributed by atoms with van der Waals surface area (Å²) in [6, 6.07) is 12.1. The minimum Gasteiger partial charge on any atom is -0.490 e. The molecule has 0 heterocycles. The fourth-order valence-corrected chi connectivity index (χ4v) is 2.74. The molecule has 27 heavy (non-hydrogen) atoms. The number of nitrogens with one attached hydrogen (secondary N) is 2. The first-order chi connectivity index (χ1) is 12.9. The molecule has 0 bridgehead atoms. The van der Waals surface area contributed by atoms with Gasteiger partial charge in [-0.1, -0.05) is 28.1 Å². The maximum absolute atomic E-state index is 12.8. The molecular weight excluding hydrogens is 412 g/mol. The molecule has 2 rings (SSSR count). The van der Waals surface area contributed by atoms with E-state index in [2.05, 4.69) is 26.6 Å². The molecule has 0 saturated carbocycles. The zero-order valence-electron chi connectivity index (χ0n) is 15.5. The van der Waals surface area contributed by atoms with Gasteiger partial charge in [-0.25, -0.2) is 0 Å². The van der Waals surface area contributed by atoms with E-state index in [9.17, 15) is 9.59 Å². The maximum atomic E-state index is 12.8. The van der Waals surface area contributed by atoms with Gasteiger partial charge in [0, 0.05) is 18.1 Å². The Bertz CT molecular complexity index is 808. The molecule has 0 saturated heterocycles. The number of amides is 2. The van der Waals surface area contributed by atoms with Crippen molar-refractivity contribution in [3.63, 3.8) is 0 Å². The normalized spacial score (nSPS) is 10.6. The Balaban J connectivity index is 2.24. The molecule has 0 aliphatic carbocycles. The van der Waals surface area contributed by atoms with Crippen LogP contribution in [0.2, 0.25) is 0 Å². The highest BCUT2D eigenvalue weighted by molar-refractivity contribution is 9.10. The van der Waals surface area contributed by atoms with Gasteiger partial charge in [-0.3, -0.25) is 9.59 Å². The van der Waals surface area contributed by atoms with E-state index in [4.69, 9.17) is 9.47 Å². The van der Waals surface area contributed by atoms with E-state index < -0.39 is 0 Å². The van der Waals surface area contributed by atoms with Gasteiger partial charge in [0.1, 0.15) is 5.75 Å². The van der Waals surface area contributed by atoms with Crippen LogP contribution in [0.15, 0.2) is 46.9 Å². The number of methoxy groups -OCH3 is 1. The van der Waals surface area contributed by atoms with Crippen molar-refractivity contribution >= 4 is 33.4 Å². The molecule has 2 N–H and O–H groups in total. The van der Waals surface area contributed by atoms with Crippen LogP contribution in [0.25, 0.3) is 0 Å². The fraction of sp³-hybridized carbons (Fsp3) is 0.300. The molecule has 0 fully saturated rings. The summed E-state index contributed by atoms with van der Waals surface area (Å²) in [6.45, 7) is 4.58. The van der Waals surface area contributed by atoms with Gasteiger partial charge in [-0.15, -0.1) is 0 Å². The van der Waals surface area contributed by atoms with Crippen molar-refractivity contribution in [1.82, 2.24) is 5.32 Å². The van der Waals surface area contributed by atoms with Gasteiger partial charge in [-0.2, -0.15) is 0 Å². The van der Waals surface area contributed by atoms with Crippen LogP contribution in [-0.2, 0) is 4.74 Å². The number of carbonyl (C=O) groups excluding carboxylic acids is 2. The smallest absolute Gasteiger partial charge is 0.259 e. The van der Waals surface area contributed by atoms with Gasteiger partial charge >= 0.3 is 0 Å². The Hall–Kier alpha value is -2.38. The van der Waals surface area contributed by atoms with Crippen LogP contribution in [-0.4, -0.2) is 38.2 Å². The summed E-state index contributed by atoms with van der Waals surface area (Å²) in [5.74, 6) is -0.160. The van der Waals surface area contributed by atoms with E-state index in [0.717, 1.165) is 4.47 Å². The van der Waals surface area contributed by atoms with Crippen molar-refractivity contribution in [3.05, 3.63) is 58.1 Å². The summed E-state index contributed by atoms with van der Waals surface area (Å²) in [5, 5.41) is 5.56. The van der Waals surface area contributed by atoms with E-state index in [0.29, 0.717) is 35.7 Å². The summed E-state index contributed by atoms with van der Waals surface area (Å²) in [5.41, 5.74) is 1.18. The highest BCUT2D eigenvalue weighted by atomic mass is 79.9. The van der Waals surface area contributed by atoms with Crippen LogP contribution < -0.4 is 15.4 Å². The predicted octanol–water partition coefficient (Wildman–Crippen LogP) is 3.86. The van der Waals surface area contributed by atoms with Gasteiger partial charge in [0.2, 0.25) is 0 Å². The van der Waals surface area contributed by atoms with Crippen molar-refractivity contribution in [2.45, 2.75) is 20.0 Å². The molecule has 0 radical (unpaired) electrons. The highest BCUT2D eigenvalue weighted by Gasteiger charge is 2.18. The lowest BCUT2D eigenvalue weighted by Crippen LogP contribution is -2.28. The third-order valence-electron chi connectivity index (χ3n) is 3.56. The molecule has 0 atom stereocenters. The standard InChI is InChI=1S/C20H23BrN2O4/c1-13(2)27-18-9-8-14(21)12-16(18)20(25)23-17-7-5-4-6-15(17)19(24)22-10-11-26-3/h4-9,12-13H,10-11H2,1-3H3,(H,22,24)(H,23,25). The molecule has 2 aromatic carbocycles. The van der Waals surface area contributed by atoms with Crippen molar-refractivity contribution in [2.24, 2.45) is 0 Å². The molecule has 0 spiro atoms. The number of benzene rings is 2. The van der Waals surface area contributed by atoms with Crippen molar-refractivity contribution in [1.29, 1.82) is 0 Å². The molecule has 0 aliphatic heterocycles. The van der Waals surface area contributed by atoms with Gasteiger partial charge < -0.3 is 20.1 Å². The van der Waals surface area contributed by atoms with Crippen molar-refractivity contribution < 1.29 is 19.1 Å². The topological polar surface area (TPSA) is 76.7 Å².